The molecule has 0 aliphatic heterocycles. The molecule has 2 rings (SSSR count). The highest BCUT2D eigenvalue weighted by Crippen LogP contribution is 2.24. The molecule has 18 heavy (non-hydrogen) atoms. The molecule has 2 aromatic rings. The topological polar surface area (TPSA) is 42.2 Å². The third-order valence-electron chi connectivity index (χ3n) is 2.92. The zero-order valence-corrected chi connectivity index (χ0v) is 10.3. The molecule has 1 heterocycles. The van der Waals surface area contributed by atoms with Crippen LogP contribution in [0.15, 0.2) is 53.8 Å². The summed E-state index contributed by atoms with van der Waals surface area (Å²) < 4.78 is 0.709. The maximum absolute atomic E-state index is 11.7. The van der Waals surface area contributed by atoms with Gasteiger partial charge in [0.15, 0.2) is 0 Å². The van der Waals surface area contributed by atoms with Crippen LogP contribution in [-0.4, -0.2) is 9.94 Å². The first kappa shape index (κ1) is 12.2. The van der Waals surface area contributed by atoms with Gasteiger partial charge in [0, 0.05) is 11.6 Å². The van der Waals surface area contributed by atoms with Crippen LogP contribution < -0.4 is 5.56 Å². The first-order valence-corrected chi connectivity index (χ1v) is 5.76. The lowest BCUT2D eigenvalue weighted by molar-refractivity contribution is 0.179. The number of aromatic nitrogens is 1. The average Bonchev–Trinajstić information content (AvgIpc) is 2.37. The molecule has 0 unspecified atom stereocenters. The van der Waals surface area contributed by atoms with Gasteiger partial charge in [-0.1, -0.05) is 36.4 Å². The van der Waals surface area contributed by atoms with E-state index in [1.54, 1.807) is 6.08 Å². The number of nitrogens with zero attached hydrogens (tertiary/aromatic N) is 1. The van der Waals surface area contributed by atoms with Crippen molar-refractivity contribution in [1.29, 1.82) is 0 Å². The minimum atomic E-state index is -0.417. The van der Waals surface area contributed by atoms with Crippen molar-refractivity contribution in [2.24, 2.45) is 0 Å². The van der Waals surface area contributed by atoms with E-state index in [0.717, 1.165) is 16.7 Å². The highest BCUT2D eigenvalue weighted by Gasteiger charge is 2.13. The molecule has 0 aliphatic rings. The third-order valence-corrected chi connectivity index (χ3v) is 2.92. The highest BCUT2D eigenvalue weighted by molar-refractivity contribution is 5.65. The maximum atomic E-state index is 11.7. The Morgan fingerprint density at radius 3 is 2.61 bits per heavy atom. The molecule has 0 spiro atoms. The Morgan fingerprint density at radius 1 is 1.33 bits per heavy atom. The zero-order chi connectivity index (χ0) is 13.1. The maximum Gasteiger partial charge on any atom is 0.283 e. The molecule has 0 radical (unpaired) electrons. The minimum Gasteiger partial charge on any atom is -0.425 e. The molecule has 0 aliphatic carbocycles. The van der Waals surface area contributed by atoms with Crippen LogP contribution in [0.3, 0.4) is 0 Å². The van der Waals surface area contributed by atoms with Crippen LogP contribution in [0.4, 0.5) is 0 Å². The van der Waals surface area contributed by atoms with Crippen molar-refractivity contribution in [2.45, 2.75) is 13.3 Å². The van der Waals surface area contributed by atoms with Crippen molar-refractivity contribution >= 4 is 0 Å². The third kappa shape index (κ3) is 2.07. The van der Waals surface area contributed by atoms with Crippen LogP contribution >= 0.6 is 0 Å². The molecule has 0 saturated carbocycles. The summed E-state index contributed by atoms with van der Waals surface area (Å²) in [6.07, 6.45) is 2.37. The molecule has 0 fully saturated rings. The smallest absolute Gasteiger partial charge is 0.283 e. The lowest BCUT2D eigenvalue weighted by Crippen LogP contribution is -2.21. The zero-order valence-electron chi connectivity index (χ0n) is 10.3. The first-order valence-electron chi connectivity index (χ1n) is 5.76. The Balaban J connectivity index is 2.78. The molecule has 1 N–H and O–H groups in total. The number of benzene rings is 1. The second-order valence-electron chi connectivity index (χ2n) is 4.16. The number of allylic oxidation sites excluding steroid dienone is 1. The van der Waals surface area contributed by atoms with Gasteiger partial charge in [-0.3, -0.25) is 4.79 Å². The molecule has 0 amide bonds. The molecule has 92 valence electrons. The molecular formula is C15H15NO2. The number of hydrogen-bond donors (Lipinski definition) is 1. The molecule has 0 saturated heterocycles. The van der Waals surface area contributed by atoms with E-state index in [-0.39, 0.29) is 0 Å². The summed E-state index contributed by atoms with van der Waals surface area (Å²) in [4.78, 5) is 11.7. The van der Waals surface area contributed by atoms with Crippen molar-refractivity contribution in [1.82, 2.24) is 4.73 Å². The van der Waals surface area contributed by atoms with Gasteiger partial charge in [-0.25, -0.2) is 0 Å². The van der Waals surface area contributed by atoms with E-state index in [1.807, 2.05) is 37.3 Å². The fourth-order valence-corrected chi connectivity index (χ4v) is 2.05. The first-order chi connectivity index (χ1) is 8.65. The highest BCUT2D eigenvalue weighted by atomic mass is 16.5. The molecule has 1 aromatic heterocycles. The Labute approximate surface area is 106 Å². The van der Waals surface area contributed by atoms with Gasteiger partial charge in [0.2, 0.25) is 0 Å². The Hall–Kier alpha value is -2.29. The largest absolute Gasteiger partial charge is 0.425 e. The fraction of sp³-hybridized carbons (Fsp3) is 0.133. The number of pyridine rings is 1. The summed E-state index contributed by atoms with van der Waals surface area (Å²) in [5.74, 6) is 0. The number of rotatable bonds is 3. The van der Waals surface area contributed by atoms with Crippen LogP contribution in [0, 0.1) is 6.92 Å². The van der Waals surface area contributed by atoms with E-state index < -0.39 is 5.56 Å². The van der Waals surface area contributed by atoms with Crippen LogP contribution in [0.1, 0.15) is 11.1 Å². The van der Waals surface area contributed by atoms with E-state index in [1.165, 1.54) is 6.07 Å². The molecule has 0 atom stereocenters. The predicted molar refractivity (Wildman–Crippen MR) is 72.0 cm³/mol. The summed E-state index contributed by atoms with van der Waals surface area (Å²) in [5, 5.41) is 9.95. The second kappa shape index (κ2) is 4.92. The van der Waals surface area contributed by atoms with Crippen molar-refractivity contribution in [2.75, 3.05) is 0 Å². The van der Waals surface area contributed by atoms with Crippen LogP contribution in [0.5, 0.6) is 0 Å². The van der Waals surface area contributed by atoms with Crippen molar-refractivity contribution in [3.05, 3.63) is 70.5 Å². The van der Waals surface area contributed by atoms with Gasteiger partial charge in [0.1, 0.15) is 0 Å². The van der Waals surface area contributed by atoms with Gasteiger partial charge in [-0.05, 0) is 24.5 Å². The lowest BCUT2D eigenvalue weighted by atomic mass is 9.99. The molecule has 0 bridgehead atoms. The van der Waals surface area contributed by atoms with Gasteiger partial charge >= 0.3 is 0 Å². The van der Waals surface area contributed by atoms with Crippen LogP contribution in [-0.2, 0) is 6.42 Å². The van der Waals surface area contributed by atoms with Crippen LogP contribution in [0.2, 0.25) is 0 Å². The van der Waals surface area contributed by atoms with E-state index in [4.69, 9.17) is 0 Å². The van der Waals surface area contributed by atoms with Gasteiger partial charge < -0.3 is 5.21 Å². The fourth-order valence-electron chi connectivity index (χ4n) is 2.05. The SMILES string of the molecule is C=CCc1c(C)cc(=O)n(O)c1-c1ccccc1. The van der Waals surface area contributed by atoms with E-state index >= 15 is 0 Å². The standard InChI is InChI=1S/C15H15NO2/c1-3-7-13-11(2)10-14(17)16(18)15(13)12-8-5-4-6-9-12/h3-6,8-10,18H,1,7H2,2H3. The summed E-state index contributed by atoms with van der Waals surface area (Å²) in [5.41, 5.74) is 2.72. The van der Waals surface area contributed by atoms with E-state index in [2.05, 4.69) is 6.58 Å². The van der Waals surface area contributed by atoms with Gasteiger partial charge in [0.25, 0.3) is 5.56 Å². The van der Waals surface area contributed by atoms with Gasteiger partial charge in [-0.15, -0.1) is 11.3 Å². The predicted octanol–water partition coefficient (Wildman–Crippen LogP) is 2.79. The Bertz CT molecular complexity index is 627. The molecular weight excluding hydrogens is 226 g/mol. The van der Waals surface area contributed by atoms with Crippen molar-refractivity contribution < 1.29 is 5.21 Å². The number of aryl methyl sites for hydroxylation is 1. The number of hydrogen-bond acceptors (Lipinski definition) is 2. The Morgan fingerprint density at radius 2 is 2.00 bits per heavy atom. The Kier molecular flexibility index (Phi) is 3.33. The second-order valence-corrected chi connectivity index (χ2v) is 4.16. The minimum absolute atomic E-state index is 0.417. The average molecular weight is 241 g/mol. The molecule has 1 aromatic carbocycles. The van der Waals surface area contributed by atoms with E-state index in [9.17, 15) is 10.0 Å². The van der Waals surface area contributed by atoms with Crippen molar-refractivity contribution in [3.63, 3.8) is 0 Å². The normalized spacial score (nSPS) is 10.3. The molecule has 3 heteroatoms. The summed E-state index contributed by atoms with van der Waals surface area (Å²) in [6, 6.07) is 10.8. The van der Waals surface area contributed by atoms with Crippen molar-refractivity contribution in [3.8, 4) is 11.3 Å². The van der Waals surface area contributed by atoms with Gasteiger partial charge in [0.05, 0.1) is 5.69 Å². The monoisotopic (exact) mass is 241 g/mol. The quantitative estimate of drug-likeness (QED) is 0.663. The molecule has 3 nitrogen and oxygen atoms in total. The summed E-state index contributed by atoms with van der Waals surface area (Å²) in [7, 11) is 0. The van der Waals surface area contributed by atoms with Gasteiger partial charge in [-0.2, -0.15) is 0 Å². The summed E-state index contributed by atoms with van der Waals surface area (Å²) in [6.45, 7) is 5.58. The lowest BCUT2D eigenvalue weighted by Gasteiger charge is -2.14. The van der Waals surface area contributed by atoms with Crippen LogP contribution in [0.25, 0.3) is 11.3 Å². The van der Waals surface area contributed by atoms with E-state index in [0.29, 0.717) is 16.8 Å². The summed E-state index contributed by atoms with van der Waals surface area (Å²) >= 11 is 0.